The molecule has 0 radical (unpaired) electrons. The van der Waals surface area contributed by atoms with Gasteiger partial charge in [-0.25, -0.2) is 4.68 Å². The standard InChI is InChI=1S/C39H42N6O4S/c1-4-22-42(24-27-14-8-6-9-15-27)35(47)32-33-36(48)45(31(25-46)28-16-10-7-11-17-28)34(39(33)21-20-38(32,3)50-39)37(49)43(23-5-2)26-44-30-19-13-12-18-29(30)40-41-44/h4-19,31-34,46H,1-2,20-26H2,3H3/t31-,32-,33+,34?,38+,39?/m1/s1. The molecule has 4 aromatic rings. The number of aliphatic hydroxyl groups excluding tert-OH is 1. The first-order valence-electron chi connectivity index (χ1n) is 17.1. The van der Waals surface area contributed by atoms with Gasteiger partial charge in [-0.15, -0.1) is 30.0 Å². The maximum atomic E-state index is 15.2. The van der Waals surface area contributed by atoms with E-state index >= 15 is 9.59 Å². The molecule has 6 atom stereocenters. The normalized spacial score (nSPS) is 25.8. The molecular weight excluding hydrogens is 649 g/mol. The van der Waals surface area contributed by atoms with Crippen LogP contribution in [0.5, 0.6) is 0 Å². The van der Waals surface area contributed by atoms with Crippen LogP contribution >= 0.6 is 11.8 Å². The van der Waals surface area contributed by atoms with Crippen LogP contribution in [-0.2, 0) is 27.6 Å². The monoisotopic (exact) mass is 690 g/mol. The highest BCUT2D eigenvalue weighted by Crippen LogP contribution is 2.72. The molecule has 7 rings (SSSR count). The Kier molecular flexibility index (Phi) is 9.13. The summed E-state index contributed by atoms with van der Waals surface area (Å²) in [5.41, 5.74) is 3.19. The fraction of sp³-hybridized carbons (Fsp3) is 0.359. The molecule has 3 aliphatic heterocycles. The third-order valence-corrected chi connectivity index (χ3v) is 12.7. The summed E-state index contributed by atoms with van der Waals surface area (Å²) in [6.45, 7) is 10.6. The van der Waals surface area contributed by atoms with Gasteiger partial charge in [-0.2, -0.15) is 0 Å². The quantitative estimate of drug-likeness (QED) is 0.200. The van der Waals surface area contributed by atoms with Gasteiger partial charge in [0.1, 0.15) is 18.2 Å². The van der Waals surface area contributed by atoms with Gasteiger partial charge in [0.25, 0.3) is 0 Å². The molecule has 3 saturated heterocycles. The molecule has 1 aromatic heterocycles. The van der Waals surface area contributed by atoms with Gasteiger partial charge in [0.15, 0.2) is 0 Å². The van der Waals surface area contributed by atoms with Crippen molar-refractivity contribution in [3.63, 3.8) is 0 Å². The number of thioether (sulfide) groups is 1. The van der Waals surface area contributed by atoms with E-state index in [9.17, 15) is 9.90 Å². The molecule has 3 aromatic carbocycles. The lowest BCUT2D eigenvalue weighted by Crippen LogP contribution is -2.56. The summed E-state index contributed by atoms with van der Waals surface area (Å²) in [6.07, 6.45) is 4.64. The Labute approximate surface area is 296 Å². The Morgan fingerprint density at radius 2 is 1.62 bits per heavy atom. The minimum atomic E-state index is -0.946. The molecule has 1 spiro atoms. The van der Waals surface area contributed by atoms with Crippen LogP contribution in [0, 0.1) is 11.8 Å². The van der Waals surface area contributed by atoms with Crippen molar-refractivity contribution >= 4 is 40.5 Å². The zero-order valence-corrected chi connectivity index (χ0v) is 29.0. The fourth-order valence-electron chi connectivity index (χ4n) is 8.50. The lowest BCUT2D eigenvalue weighted by molar-refractivity contribution is -0.148. The van der Waals surface area contributed by atoms with Crippen molar-refractivity contribution in [1.82, 2.24) is 29.7 Å². The summed E-state index contributed by atoms with van der Waals surface area (Å²) in [6, 6.07) is 24.9. The van der Waals surface area contributed by atoms with Crippen molar-refractivity contribution in [2.45, 2.75) is 54.6 Å². The molecule has 258 valence electrons. The molecule has 4 heterocycles. The summed E-state index contributed by atoms with van der Waals surface area (Å²) in [5.74, 6) is -2.09. The van der Waals surface area contributed by atoms with Gasteiger partial charge in [0.2, 0.25) is 17.7 Å². The number of carbonyl (C=O) groups is 3. The predicted octanol–water partition coefficient (Wildman–Crippen LogP) is 4.83. The summed E-state index contributed by atoms with van der Waals surface area (Å²) < 4.78 is 0.226. The number of para-hydroxylation sites is 1. The minimum Gasteiger partial charge on any atom is -0.394 e. The highest BCUT2D eigenvalue weighted by atomic mass is 32.2. The first-order valence-corrected chi connectivity index (χ1v) is 17.9. The molecule has 1 N–H and O–H groups in total. The van der Waals surface area contributed by atoms with E-state index in [4.69, 9.17) is 0 Å². The molecule has 11 heteroatoms. The molecule has 2 unspecified atom stereocenters. The molecule has 0 saturated carbocycles. The van der Waals surface area contributed by atoms with Gasteiger partial charge in [-0.1, -0.05) is 90.2 Å². The zero-order valence-electron chi connectivity index (χ0n) is 28.2. The number of amides is 3. The molecule has 3 amide bonds. The first-order chi connectivity index (χ1) is 24.3. The highest BCUT2D eigenvalue weighted by Gasteiger charge is 2.78. The van der Waals surface area contributed by atoms with Crippen LogP contribution < -0.4 is 0 Å². The topological polar surface area (TPSA) is 112 Å². The Morgan fingerprint density at radius 1 is 0.960 bits per heavy atom. The van der Waals surface area contributed by atoms with Crippen LogP contribution in [0.3, 0.4) is 0 Å². The van der Waals surface area contributed by atoms with Crippen LogP contribution in [0.2, 0.25) is 0 Å². The van der Waals surface area contributed by atoms with E-state index in [1.165, 1.54) is 0 Å². The van der Waals surface area contributed by atoms with E-state index in [1.807, 2.05) is 84.9 Å². The van der Waals surface area contributed by atoms with Gasteiger partial charge >= 0.3 is 0 Å². The average molecular weight is 691 g/mol. The molecular formula is C39H42N6O4S. The van der Waals surface area contributed by atoms with Crippen LogP contribution in [0.15, 0.2) is 110 Å². The number of hydrogen-bond acceptors (Lipinski definition) is 7. The van der Waals surface area contributed by atoms with Gasteiger partial charge in [0, 0.05) is 24.4 Å². The average Bonchev–Trinajstić information content (AvgIpc) is 3.84. The SMILES string of the molecule is C=CCN(Cn1nnc2ccccc21)C(=O)C1N([C@H](CO)c2ccccc2)C(=O)[C@@H]2[C@H](C(=O)N(CC=C)Cc3ccccc3)[C@]3(C)CCC12S3. The van der Waals surface area contributed by atoms with Crippen molar-refractivity contribution in [3.8, 4) is 0 Å². The molecule has 50 heavy (non-hydrogen) atoms. The molecule has 0 aliphatic carbocycles. The number of benzene rings is 3. The van der Waals surface area contributed by atoms with Crippen molar-refractivity contribution in [1.29, 1.82) is 0 Å². The number of fused-ring (bicyclic) bond motifs is 2. The van der Waals surface area contributed by atoms with E-state index in [2.05, 4.69) is 30.4 Å². The predicted molar refractivity (Wildman–Crippen MR) is 193 cm³/mol. The van der Waals surface area contributed by atoms with Crippen LogP contribution in [0.25, 0.3) is 11.0 Å². The Bertz CT molecular complexity index is 1920. The maximum Gasteiger partial charge on any atom is 0.248 e. The van der Waals surface area contributed by atoms with Crippen molar-refractivity contribution in [2.24, 2.45) is 11.8 Å². The number of aromatic nitrogens is 3. The number of rotatable bonds is 13. The van der Waals surface area contributed by atoms with E-state index in [0.29, 0.717) is 31.4 Å². The zero-order chi connectivity index (χ0) is 35.0. The largest absolute Gasteiger partial charge is 0.394 e. The first kappa shape index (κ1) is 33.7. The van der Waals surface area contributed by atoms with E-state index < -0.39 is 33.4 Å². The summed E-state index contributed by atoms with van der Waals surface area (Å²) in [5, 5.41) is 19.6. The minimum absolute atomic E-state index is 0.0915. The molecule has 2 bridgehead atoms. The molecule has 3 aliphatic rings. The second kappa shape index (κ2) is 13.5. The van der Waals surface area contributed by atoms with E-state index in [0.717, 1.165) is 16.6 Å². The number of aliphatic hydroxyl groups is 1. The van der Waals surface area contributed by atoms with Crippen molar-refractivity contribution < 1.29 is 19.5 Å². The van der Waals surface area contributed by atoms with Gasteiger partial charge in [-0.05, 0) is 43.0 Å². The fourth-order valence-corrected chi connectivity index (χ4v) is 10.8. The lowest BCUT2D eigenvalue weighted by atomic mass is 9.66. The number of hydrogen-bond donors (Lipinski definition) is 1. The van der Waals surface area contributed by atoms with Gasteiger partial charge in [0.05, 0.1) is 34.7 Å². The van der Waals surface area contributed by atoms with Crippen molar-refractivity contribution in [2.75, 3.05) is 19.7 Å². The van der Waals surface area contributed by atoms with Crippen molar-refractivity contribution in [3.05, 3.63) is 121 Å². The smallest absolute Gasteiger partial charge is 0.248 e. The van der Waals surface area contributed by atoms with Crippen LogP contribution in [0.4, 0.5) is 0 Å². The third-order valence-electron chi connectivity index (χ3n) is 10.7. The van der Waals surface area contributed by atoms with Crippen LogP contribution in [0.1, 0.15) is 36.9 Å². The molecule has 3 fully saturated rings. The van der Waals surface area contributed by atoms with Gasteiger partial charge in [-0.3, -0.25) is 14.4 Å². The lowest BCUT2D eigenvalue weighted by Gasteiger charge is -2.39. The second-order valence-electron chi connectivity index (χ2n) is 13.6. The number of nitrogens with zero attached hydrogens (tertiary/aromatic N) is 6. The number of carbonyl (C=O) groups excluding carboxylic acids is 3. The second-order valence-corrected chi connectivity index (χ2v) is 15.5. The Hall–Kier alpha value is -4.74. The number of likely N-dealkylation sites (tertiary alicyclic amines) is 1. The summed E-state index contributed by atoms with van der Waals surface area (Å²) in [4.78, 5) is 50.2. The molecule has 10 nitrogen and oxygen atoms in total. The van der Waals surface area contributed by atoms with Gasteiger partial charge < -0.3 is 19.8 Å². The highest BCUT2D eigenvalue weighted by molar-refractivity contribution is 8.02. The van der Waals surface area contributed by atoms with E-state index in [-0.39, 0.29) is 37.5 Å². The third kappa shape index (κ3) is 5.52. The maximum absolute atomic E-state index is 15.2. The Morgan fingerprint density at radius 3 is 2.32 bits per heavy atom. The van der Waals surface area contributed by atoms with Crippen LogP contribution in [-0.4, -0.2) is 87.8 Å². The Balaban J connectivity index is 1.32. The summed E-state index contributed by atoms with van der Waals surface area (Å²) >= 11 is 1.62. The summed E-state index contributed by atoms with van der Waals surface area (Å²) in [7, 11) is 0. The van der Waals surface area contributed by atoms with E-state index in [1.54, 1.807) is 43.3 Å².